The second kappa shape index (κ2) is 6.23. The number of nitrogens with two attached hydrogens (primary N) is 1. The highest BCUT2D eigenvalue weighted by Crippen LogP contribution is 2.42. The normalized spacial score (nSPS) is 28.4. The van der Waals surface area contributed by atoms with Crippen molar-refractivity contribution in [1.82, 2.24) is 4.90 Å². The fourth-order valence-electron chi connectivity index (χ4n) is 4.05. The summed E-state index contributed by atoms with van der Waals surface area (Å²) >= 11 is 12.6. The molecule has 2 N–H and O–H groups in total. The van der Waals surface area contributed by atoms with Crippen molar-refractivity contribution in [3.63, 3.8) is 0 Å². The summed E-state index contributed by atoms with van der Waals surface area (Å²) < 4.78 is 0. The van der Waals surface area contributed by atoms with Gasteiger partial charge in [-0.3, -0.25) is 4.90 Å². The molecule has 1 aromatic rings. The lowest BCUT2D eigenvalue weighted by Gasteiger charge is -2.37. The van der Waals surface area contributed by atoms with E-state index >= 15 is 0 Å². The van der Waals surface area contributed by atoms with Gasteiger partial charge < -0.3 is 5.73 Å². The molecule has 1 aliphatic carbocycles. The summed E-state index contributed by atoms with van der Waals surface area (Å²) in [5, 5.41) is 1.30. The van der Waals surface area contributed by atoms with E-state index in [2.05, 4.69) is 11.0 Å². The van der Waals surface area contributed by atoms with Crippen LogP contribution in [0.2, 0.25) is 10.0 Å². The Kier molecular flexibility index (Phi) is 4.56. The van der Waals surface area contributed by atoms with Crippen LogP contribution < -0.4 is 5.73 Å². The lowest BCUT2D eigenvalue weighted by Crippen LogP contribution is -2.40. The van der Waals surface area contributed by atoms with Crippen LogP contribution in [0.1, 0.15) is 43.7 Å². The molecule has 0 aromatic heterocycles. The van der Waals surface area contributed by atoms with Gasteiger partial charge in [-0.15, -0.1) is 0 Å². The van der Waals surface area contributed by atoms with Crippen molar-refractivity contribution in [2.75, 3.05) is 13.1 Å². The lowest BCUT2D eigenvalue weighted by molar-refractivity contribution is 0.135. The van der Waals surface area contributed by atoms with Gasteiger partial charge in [-0.1, -0.05) is 48.2 Å². The quantitative estimate of drug-likeness (QED) is 0.903. The second-order valence-electron chi connectivity index (χ2n) is 6.03. The van der Waals surface area contributed by atoms with Gasteiger partial charge in [0, 0.05) is 18.6 Å². The number of halogens is 2. The van der Waals surface area contributed by atoms with Crippen LogP contribution in [0.3, 0.4) is 0 Å². The molecule has 3 unspecified atom stereocenters. The van der Waals surface area contributed by atoms with Crippen molar-refractivity contribution in [2.45, 2.75) is 44.2 Å². The average Bonchev–Trinajstić information content (AvgIpc) is 2.88. The third kappa shape index (κ3) is 2.59. The molecular weight excluding hydrogens is 291 g/mol. The zero-order valence-electron chi connectivity index (χ0n) is 11.7. The summed E-state index contributed by atoms with van der Waals surface area (Å²) in [6.45, 7) is 1.74. The maximum atomic E-state index is 6.41. The smallest absolute Gasteiger partial charge is 0.0640 e. The predicted molar refractivity (Wildman–Crippen MR) is 85.3 cm³/mol. The highest BCUT2D eigenvalue weighted by molar-refractivity contribution is 6.42. The van der Waals surface area contributed by atoms with E-state index in [4.69, 9.17) is 28.9 Å². The number of benzene rings is 1. The Labute approximate surface area is 131 Å². The first-order valence-electron chi connectivity index (χ1n) is 7.62. The Morgan fingerprint density at radius 2 is 2.00 bits per heavy atom. The first-order valence-corrected chi connectivity index (χ1v) is 8.37. The summed E-state index contributed by atoms with van der Waals surface area (Å²) in [7, 11) is 0. The van der Waals surface area contributed by atoms with E-state index in [9.17, 15) is 0 Å². The number of likely N-dealkylation sites (tertiary alicyclic amines) is 1. The van der Waals surface area contributed by atoms with Gasteiger partial charge in [0.25, 0.3) is 0 Å². The zero-order valence-corrected chi connectivity index (χ0v) is 13.2. The van der Waals surface area contributed by atoms with Crippen molar-refractivity contribution >= 4 is 23.2 Å². The minimum Gasteiger partial charge on any atom is -0.329 e. The van der Waals surface area contributed by atoms with Crippen LogP contribution in [0, 0.1) is 5.92 Å². The van der Waals surface area contributed by atoms with Crippen LogP contribution in [0.4, 0.5) is 0 Å². The van der Waals surface area contributed by atoms with Gasteiger partial charge in [0.1, 0.15) is 0 Å². The third-order valence-corrected chi connectivity index (χ3v) is 5.85. The molecule has 0 bridgehead atoms. The molecule has 4 heteroatoms. The molecule has 3 rings (SSSR count). The summed E-state index contributed by atoms with van der Waals surface area (Å²) in [6, 6.07) is 6.78. The van der Waals surface area contributed by atoms with Crippen molar-refractivity contribution in [3.05, 3.63) is 33.8 Å². The van der Waals surface area contributed by atoms with Gasteiger partial charge in [0.15, 0.2) is 0 Å². The number of fused-ring (bicyclic) bond motifs is 1. The van der Waals surface area contributed by atoms with Crippen LogP contribution in [-0.2, 0) is 0 Å². The topological polar surface area (TPSA) is 29.3 Å². The largest absolute Gasteiger partial charge is 0.329 e. The Hall–Kier alpha value is -0.280. The molecule has 1 saturated carbocycles. The Morgan fingerprint density at radius 1 is 1.20 bits per heavy atom. The predicted octanol–water partition coefficient (Wildman–Crippen LogP) is 4.26. The standard InChI is InChI=1S/C16H22Cl2N2/c17-13-6-3-5-12(16(13)18)15(10-19)20-9-8-11-4-1-2-7-14(11)20/h3,5-6,11,14-15H,1-2,4,7-10,19H2. The van der Waals surface area contributed by atoms with Crippen molar-refractivity contribution < 1.29 is 0 Å². The zero-order chi connectivity index (χ0) is 14.1. The average molecular weight is 313 g/mol. The summed E-state index contributed by atoms with van der Waals surface area (Å²) in [5.41, 5.74) is 7.17. The van der Waals surface area contributed by atoms with E-state index in [1.807, 2.05) is 12.1 Å². The van der Waals surface area contributed by atoms with Gasteiger partial charge in [-0.25, -0.2) is 0 Å². The molecule has 1 saturated heterocycles. The van der Waals surface area contributed by atoms with Crippen LogP contribution in [-0.4, -0.2) is 24.0 Å². The number of hydrogen-bond donors (Lipinski definition) is 1. The fourth-order valence-corrected chi connectivity index (χ4v) is 4.48. The van der Waals surface area contributed by atoms with Crippen LogP contribution in [0.5, 0.6) is 0 Å². The van der Waals surface area contributed by atoms with Crippen molar-refractivity contribution in [3.8, 4) is 0 Å². The first kappa shape index (κ1) is 14.6. The van der Waals surface area contributed by atoms with Gasteiger partial charge in [-0.2, -0.15) is 0 Å². The summed E-state index contributed by atoms with van der Waals surface area (Å²) in [5.74, 6) is 0.857. The van der Waals surface area contributed by atoms with Gasteiger partial charge >= 0.3 is 0 Å². The van der Waals surface area contributed by atoms with Crippen molar-refractivity contribution in [1.29, 1.82) is 0 Å². The van der Waals surface area contributed by atoms with Crippen LogP contribution >= 0.6 is 23.2 Å². The summed E-state index contributed by atoms with van der Waals surface area (Å²) in [4.78, 5) is 2.58. The minimum atomic E-state index is 0.203. The highest BCUT2D eigenvalue weighted by Gasteiger charge is 2.39. The van der Waals surface area contributed by atoms with E-state index in [0.717, 1.165) is 18.0 Å². The van der Waals surface area contributed by atoms with E-state index in [1.165, 1.54) is 32.1 Å². The molecular formula is C16H22Cl2N2. The number of hydrogen-bond acceptors (Lipinski definition) is 2. The van der Waals surface area contributed by atoms with Crippen molar-refractivity contribution in [2.24, 2.45) is 11.7 Å². The molecule has 1 heterocycles. The van der Waals surface area contributed by atoms with E-state index in [0.29, 0.717) is 22.6 Å². The lowest BCUT2D eigenvalue weighted by atomic mass is 9.84. The molecule has 0 amide bonds. The maximum absolute atomic E-state index is 6.41. The van der Waals surface area contributed by atoms with Crippen LogP contribution in [0.15, 0.2) is 18.2 Å². The monoisotopic (exact) mass is 312 g/mol. The second-order valence-corrected chi connectivity index (χ2v) is 6.82. The molecule has 2 nitrogen and oxygen atoms in total. The maximum Gasteiger partial charge on any atom is 0.0640 e. The SMILES string of the molecule is NCC(c1cccc(Cl)c1Cl)N1CCC2CCCCC21. The Balaban J connectivity index is 1.88. The molecule has 20 heavy (non-hydrogen) atoms. The molecule has 0 radical (unpaired) electrons. The van der Waals surface area contributed by atoms with E-state index in [1.54, 1.807) is 0 Å². The molecule has 0 spiro atoms. The van der Waals surface area contributed by atoms with Gasteiger partial charge in [0.2, 0.25) is 0 Å². The molecule has 2 aliphatic rings. The Bertz CT molecular complexity index is 478. The minimum absolute atomic E-state index is 0.203. The van der Waals surface area contributed by atoms with Gasteiger partial charge in [0.05, 0.1) is 10.0 Å². The first-order chi connectivity index (χ1) is 9.72. The molecule has 1 aromatic carbocycles. The summed E-state index contributed by atoms with van der Waals surface area (Å²) in [6.07, 6.45) is 6.72. The highest BCUT2D eigenvalue weighted by atomic mass is 35.5. The molecule has 110 valence electrons. The van der Waals surface area contributed by atoms with E-state index < -0.39 is 0 Å². The number of rotatable bonds is 3. The molecule has 2 fully saturated rings. The molecule has 3 atom stereocenters. The van der Waals surface area contributed by atoms with E-state index in [-0.39, 0.29) is 6.04 Å². The third-order valence-electron chi connectivity index (χ3n) is 5.02. The fraction of sp³-hybridized carbons (Fsp3) is 0.625. The van der Waals surface area contributed by atoms with Crippen LogP contribution in [0.25, 0.3) is 0 Å². The Morgan fingerprint density at radius 3 is 2.80 bits per heavy atom. The number of nitrogens with zero attached hydrogens (tertiary/aromatic N) is 1. The molecule has 1 aliphatic heterocycles. The van der Waals surface area contributed by atoms with Gasteiger partial charge in [-0.05, 0) is 43.4 Å².